The lowest BCUT2D eigenvalue weighted by Gasteiger charge is -2.37. The number of aryl methyl sites for hydroxylation is 1. The maximum absolute atomic E-state index is 13.4. The number of thioether (sulfide) groups is 1. The summed E-state index contributed by atoms with van der Waals surface area (Å²) in [7, 11) is 0. The van der Waals surface area contributed by atoms with Gasteiger partial charge in [-0.15, -0.1) is 0 Å². The zero-order chi connectivity index (χ0) is 23.8. The molecule has 0 bridgehead atoms. The van der Waals surface area contributed by atoms with Crippen LogP contribution in [-0.4, -0.2) is 34.8 Å². The van der Waals surface area contributed by atoms with Crippen molar-refractivity contribution in [3.05, 3.63) is 57.6 Å². The first-order valence-corrected chi connectivity index (χ1v) is 11.8. The van der Waals surface area contributed by atoms with Crippen LogP contribution >= 0.6 is 11.8 Å². The number of halogens is 3. The fourth-order valence-electron chi connectivity index (χ4n) is 4.52. The Balaban J connectivity index is 1.62. The Hall–Kier alpha value is -2.62. The molecular formula is C23H24F3NO5S. The molecule has 2 aliphatic heterocycles. The summed E-state index contributed by atoms with van der Waals surface area (Å²) in [6.07, 6.45) is -6.20. The highest BCUT2D eigenvalue weighted by Gasteiger charge is 2.47. The lowest BCUT2D eigenvalue weighted by Crippen LogP contribution is -2.44. The third-order valence-corrected chi connectivity index (χ3v) is 7.18. The molecule has 1 fully saturated rings. The molecular weight excluding hydrogens is 459 g/mol. The van der Waals surface area contributed by atoms with E-state index in [0.29, 0.717) is 35.7 Å². The van der Waals surface area contributed by atoms with Crippen LogP contribution < -0.4 is 15.5 Å². The predicted octanol–water partition coefficient (Wildman–Crippen LogP) is 4.38. The molecule has 0 spiro atoms. The highest BCUT2D eigenvalue weighted by molar-refractivity contribution is 7.99. The summed E-state index contributed by atoms with van der Waals surface area (Å²) >= 11 is 1.69. The minimum absolute atomic E-state index is 0.0727. The van der Waals surface area contributed by atoms with E-state index in [4.69, 9.17) is 9.15 Å². The number of amides is 1. The van der Waals surface area contributed by atoms with Crippen LogP contribution in [0.25, 0.3) is 0 Å². The van der Waals surface area contributed by atoms with Gasteiger partial charge in [-0.2, -0.15) is 24.9 Å². The Bertz CT molecular complexity index is 1090. The van der Waals surface area contributed by atoms with Crippen molar-refractivity contribution in [2.24, 2.45) is 0 Å². The van der Waals surface area contributed by atoms with Gasteiger partial charge in [-0.05, 0) is 37.3 Å². The molecule has 4 rings (SSSR count). The van der Waals surface area contributed by atoms with Gasteiger partial charge in [0.1, 0.15) is 11.5 Å². The number of hydrogen-bond acceptors (Lipinski definition) is 6. The maximum Gasteiger partial charge on any atom is 0.425 e. The SMILES string of the molecule is Cc1cc(=O)c(O)c(C2(CC(=O)NC3CC(C(F)(F)F)Oc4ccccc43)CCSCC2)o1. The van der Waals surface area contributed by atoms with E-state index in [1.165, 1.54) is 12.1 Å². The molecule has 1 amide bonds. The molecule has 0 saturated carbocycles. The van der Waals surface area contributed by atoms with Crippen molar-refractivity contribution in [3.63, 3.8) is 0 Å². The normalized spacial score (nSPS) is 22.2. The van der Waals surface area contributed by atoms with E-state index in [0.717, 1.165) is 0 Å². The van der Waals surface area contributed by atoms with Crippen molar-refractivity contribution in [3.8, 4) is 11.5 Å². The number of aromatic hydroxyl groups is 1. The third kappa shape index (κ3) is 4.85. The molecule has 2 aliphatic rings. The zero-order valence-corrected chi connectivity index (χ0v) is 18.7. The summed E-state index contributed by atoms with van der Waals surface area (Å²) in [5.74, 6) is 0.867. The highest BCUT2D eigenvalue weighted by atomic mass is 32.2. The van der Waals surface area contributed by atoms with Crippen LogP contribution in [0.3, 0.4) is 0 Å². The first-order chi connectivity index (χ1) is 15.6. The largest absolute Gasteiger partial charge is 0.502 e. The van der Waals surface area contributed by atoms with Crippen molar-refractivity contribution in [1.82, 2.24) is 5.32 Å². The van der Waals surface area contributed by atoms with E-state index in [-0.39, 0.29) is 17.9 Å². The van der Waals surface area contributed by atoms with Gasteiger partial charge in [0, 0.05) is 29.9 Å². The standard InChI is InChI=1S/C23H24F3NO5S/c1-13-10-16(28)20(30)21(31-13)22(6-8-33-9-7-22)12-19(29)27-15-11-18(23(24,25)26)32-17-5-3-2-4-14(15)17/h2-5,10,15,18,30H,6-9,11-12H2,1H3,(H,27,29). The van der Waals surface area contributed by atoms with Gasteiger partial charge in [-0.25, -0.2) is 0 Å². The molecule has 1 aromatic heterocycles. The van der Waals surface area contributed by atoms with Gasteiger partial charge in [0.15, 0.2) is 11.9 Å². The average molecular weight is 484 g/mol. The van der Waals surface area contributed by atoms with Gasteiger partial charge in [0.25, 0.3) is 0 Å². The first kappa shape index (κ1) is 23.5. The second-order valence-electron chi connectivity index (χ2n) is 8.51. The average Bonchev–Trinajstić information content (AvgIpc) is 2.76. The van der Waals surface area contributed by atoms with E-state index in [1.807, 2.05) is 0 Å². The van der Waals surface area contributed by atoms with Gasteiger partial charge < -0.3 is 19.6 Å². The van der Waals surface area contributed by atoms with Crippen molar-refractivity contribution >= 4 is 17.7 Å². The van der Waals surface area contributed by atoms with Crippen LogP contribution in [-0.2, 0) is 10.2 Å². The number of para-hydroxylation sites is 1. The van der Waals surface area contributed by atoms with E-state index < -0.39 is 47.2 Å². The fourth-order valence-corrected chi connectivity index (χ4v) is 5.79. The lowest BCUT2D eigenvalue weighted by molar-refractivity contribution is -0.201. The fraction of sp³-hybridized carbons (Fsp3) is 0.478. The quantitative estimate of drug-likeness (QED) is 0.671. The number of hydrogen-bond donors (Lipinski definition) is 2. The van der Waals surface area contributed by atoms with Gasteiger partial charge >= 0.3 is 6.18 Å². The Morgan fingerprint density at radius 2 is 1.97 bits per heavy atom. The van der Waals surface area contributed by atoms with Crippen molar-refractivity contribution in [1.29, 1.82) is 0 Å². The number of ether oxygens (including phenoxy) is 1. The lowest BCUT2D eigenvalue weighted by atomic mass is 9.75. The van der Waals surface area contributed by atoms with Gasteiger partial charge in [-0.1, -0.05) is 18.2 Å². The summed E-state index contributed by atoms with van der Waals surface area (Å²) in [5.41, 5.74) is -1.03. The summed E-state index contributed by atoms with van der Waals surface area (Å²) in [4.78, 5) is 25.3. The minimum Gasteiger partial charge on any atom is -0.502 e. The molecule has 2 N–H and O–H groups in total. The topological polar surface area (TPSA) is 88.8 Å². The van der Waals surface area contributed by atoms with E-state index >= 15 is 0 Å². The van der Waals surface area contributed by atoms with Gasteiger partial charge in [-0.3, -0.25) is 9.59 Å². The number of alkyl halides is 3. The molecule has 2 aromatic rings. The maximum atomic E-state index is 13.4. The number of carbonyl (C=O) groups is 1. The second-order valence-corrected chi connectivity index (χ2v) is 9.73. The van der Waals surface area contributed by atoms with Gasteiger partial charge in [0.2, 0.25) is 17.1 Å². The molecule has 0 radical (unpaired) electrons. The number of carbonyl (C=O) groups excluding carboxylic acids is 1. The smallest absolute Gasteiger partial charge is 0.425 e. The Labute approximate surface area is 192 Å². The van der Waals surface area contributed by atoms with E-state index in [2.05, 4.69) is 5.32 Å². The Morgan fingerprint density at radius 1 is 1.27 bits per heavy atom. The first-order valence-electron chi connectivity index (χ1n) is 10.6. The third-order valence-electron chi connectivity index (χ3n) is 6.19. The van der Waals surface area contributed by atoms with Crippen LogP contribution in [0.5, 0.6) is 11.5 Å². The molecule has 178 valence electrons. The molecule has 2 unspecified atom stereocenters. The number of nitrogens with one attached hydrogen (secondary N) is 1. The molecule has 2 atom stereocenters. The van der Waals surface area contributed by atoms with Crippen LogP contribution in [0, 0.1) is 6.92 Å². The highest BCUT2D eigenvalue weighted by Crippen LogP contribution is 2.45. The van der Waals surface area contributed by atoms with Gasteiger partial charge in [0.05, 0.1) is 6.04 Å². The Kier molecular flexibility index (Phi) is 6.39. The zero-order valence-electron chi connectivity index (χ0n) is 17.9. The van der Waals surface area contributed by atoms with E-state index in [1.54, 1.807) is 36.9 Å². The predicted molar refractivity (Wildman–Crippen MR) is 117 cm³/mol. The number of rotatable bonds is 4. The molecule has 10 heteroatoms. The summed E-state index contributed by atoms with van der Waals surface area (Å²) in [6, 6.07) is 6.63. The molecule has 0 aliphatic carbocycles. The summed E-state index contributed by atoms with van der Waals surface area (Å²) < 4.78 is 51.1. The number of benzene rings is 1. The number of fused-ring (bicyclic) bond motifs is 1. The second kappa shape index (κ2) is 8.96. The monoisotopic (exact) mass is 483 g/mol. The van der Waals surface area contributed by atoms with Crippen LogP contribution in [0.2, 0.25) is 0 Å². The van der Waals surface area contributed by atoms with Crippen LogP contribution in [0.4, 0.5) is 13.2 Å². The minimum atomic E-state index is -4.57. The Morgan fingerprint density at radius 3 is 2.67 bits per heavy atom. The molecule has 1 aromatic carbocycles. The summed E-state index contributed by atoms with van der Waals surface area (Å²) in [6.45, 7) is 1.59. The van der Waals surface area contributed by atoms with Crippen LogP contribution in [0.1, 0.15) is 48.8 Å². The van der Waals surface area contributed by atoms with Crippen molar-refractivity contribution < 1.29 is 32.2 Å². The molecule has 3 heterocycles. The molecule has 33 heavy (non-hydrogen) atoms. The molecule has 1 saturated heterocycles. The van der Waals surface area contributed by atoms with Crippen LogP contribution in [0.15, 0.2) is 39.5 Å². The summed E-state index contributed by atoms with van der Waals surface area (Å²) in [5, 5.41) is 13.2. The molecule has 6 nitrogen and oxygen atoms in total. The van der Waals surface area contributed by atoms with E-state index in [9.17, 15) is 27.9 Å². The van der Waals surface area contributed by atoms with Crippen molar-refractivity contribution in [2.45, 2.75) is 56.3 Å². The van der Waals surface area contributed by atoms with Crippen molar-refractivity contribution in [2.75, 3.05) is 11.5 Å².